The standard InChI is InChI=1S/C20H27N3O2/c24-14-18-13-23(12-17(18)11-22-8-2-1-3-9-22)20(25)16-5-4-15-6-7-21-19(15)10-16/h4-7,10,17-18,21,24H,1-3,8-9,11-14H2/t17-,18-/m1/s1. The van der Waals surface area contributed by atoms with Crippen LogP contribution in [0.2, 0.25) is 0 Å². The minimum atomic E-state index is 0.0797. The predicted octanol–water partition coefficient (Wildman–Crippen LogP) is 2.33. The second-order valence-corrected chi connectivity index (χ2v) is 7.55. The number of fused-ring (bicyclic) bond motifs is 1. The number of nitrogens with one attached hydrogen (secondary N) is 1. The van der Waals surface area contributed by atoms with Gasteiger partial charge >= 0.3 is 0 Å². The summed E-state index contributed by atoms with van der Waals surface area (Å²) < 4.78 is 0. The van der Waals surface area contributed by atoms with E-state index in [0.29, 0.717) is 12.5 Å². The Labute approximate surface area is 148 Å². The first-order valence-corrected chi connectivity index (χ1v) is 9.44. The number of carbonyl (C=O) groups is 1. The van der Waals surface area contributed by atoms with Crippen LogP contribution < -0.4 is 0 Å². The molecular formula is C20H27N3O2. The highest BCUT2D eigenvalue weighted by Crippen LogP contribution is 2.27. The van der Waals surface area contributed by atoms with Crippen molar-refractivity contribution in [2.75, 3.05) is 39.3 Å². The highest BCUT2D eigenvalue weighted by molar-refractivity contribution is 5.98. The lowest BCUT2D eigenvalue weighted by Gasteiger charge is -2.30. The summed E-state index contributed by atoms with van der Waals surface area (Å²) in [4.78, 5) is 20.5. The second-order valence-electron chi connectivity index (χ2n) is 7.55. The van der Waals surface area contributed by atoms with Gasteiger partial charge in [0.1, 0.15) is 0 Å². The van der Waals surface area contributed by atoms with E-state index >= 15 is 0 Å². The number of hydrogen-bond donors (Lipinski definition) is 2. The summed E-state index contributed by atoms with van der Waals surface area (Å²) >= 11 is 0. The Morgan fingerprint density at radius 2 is 1.92 bits per heavy atom. The molecule has 4 rings (SSSR count). The number of aromatic nitrogens is 1. The van der Waals surface area contributed by atoms with Crippen LogP contribution in [0.1, 0.15) is 29.6 Å². The van der Waals surface area contributed by atoms with Gasteiger partial charge in [-0.15, -0.1) is 0 Å². The molecule has 2 atom stereocenters. The van der Waals surface area contributed by atoms with Gasteiger partial charge in [0.2, 0.25) is 0 Å². The number of aliphatic hydroxyl groups excluding tert-OH is 1. The zero-order chi connectivity index (χ0) is 17.2. The fraction of sp³-hybridized carbons (Fsp3) is 0.550. The van der Waals surface area contributed by atoms with Gasteiger partial charge in [-0.2, -0.15) is 0 Å². The Morgan fingerprint density at radius 1 is 1.12 bits per heavy atom. The van der Waals surface area contributed by atoms with Gasteiger partial charge in [-0.05, 0) is 55.4 Å². The quantitative estimate of drug-likeness (QED) is 0.897. The first-order chi connectivity index (χ1) is 12.2. The van der Waals surface area contributed by atoms with Crippen LogP contribution in [0.4, 0.5) is 0 Å². The fourth-order valence-electron chi connectivity index (χ4n) is 4.36. The van der Waals surface area contributed by atoms with Crippen LogP contribution in [0, 0.1) is 11.8 Å². The van der Waals surface area contributed by atoms with Crippen molar-refractivity contribution in [3.05, 3.63) is 36.0 Å². The molecule has 5 heteroatoms. The van der Waals surface area contributed by atoms with Crippen molar-refractivity contribution in [1.82, 2.24) is 14.8 Å². The zero-order valence-electron chi connectivity index (χ0n) is 14.7. The van der Waals surface area contributed by atoms with Gasteiger partial charge in [-0.1, -0.05) is 12.5 Å². The van der Waals surface area contributed by atoms with Crippen molar-refractivity contribution in [3.63, 3.8) is 0 Å². The molecule has 0 spiro atoms. The highest BCUT2D eigenvalue weighted by Gasteiger charge is 2.36. The first-order valence-electron chi connectivity index (χ1n) is 9.44. The van der Waals surface area contributed by atoms with E-state index < -0.39 is 0 Å². The number of hydrogen-bond acceptors (Lipinski definition) is 3. The van der Waals surface area contributed by atoms with Crippen molar-refractivity contribution in [2.24, 2.45) is 11.8 Å². The third-order valence-corrected chi connectivity index (χ3v) is 5.84. The van der Waals surface area contributed by atoms with E-state index in [-0.39, 0.29) is 18.4 Å². The second kappa shape index (κ2) is 7.18. The molecule has 2 N–H and O–H groups in total. The third-order valence-electron chi connectivity index (χ3n) is 5.84. The van der Waals surface area contributed by atoms with Gasteiger partial charge in [0.15, 0.2) is 0 Å². The maximum absolute atomic E-state index is 12.9. The molecule has 2 aliphatic heterocycles. The van der Waals surface area contributed by atoms with E-state index in [1.807, 2.05) is 35.4 Å². The number of nitrogens with zero attached hydrogens (tertiary/aromatic N) is 2. The number of likely N-dealkylation sites (tertiary alicyclic amines) is 2. The van der Waals surface area contributed by atoms with Crippen molar-refractivity contribution < 1.29 is 9.90 Å². The highest BCUT2D eigenvalue weighted by atomic mass is 16.3. The monoisotopic (exact) mass is 341 g/mol. The van der Waals surface area contributed by atoms with E-state index in [2.05, 4.69) is 9.88 Å². The molecule has 3 heterocycles. The fourth-order valence-corrected chi connectivity index (χ4v) is 4.36. The Morgan fingerprint density at radius 3 is 2.72 bits per heavy atom. The number of H-pyrrole nitrogens is 1. The van der Waals surface area contributed by atoms with Gasteiger partial charge in [-0.25, -0.2) is 0 Å². The van der Waals surface area contributed by atoms with Crippen LogP contribution in [0.3, 0.4) is 0 Å². The number of amides is 1. The molecule has 2 saturated heterocycles. The Balaban J connectivity index is 1.45. The molecule has 0 radical (unpaired) electrons. The van der Waals surface area contributed by atoms with Crippen LogP contribution in [0.5, 0.6) is 0 Å². The lowest BCUT2D eigenvalue weighted by Crippen LogP contribution is -2.37. The molecule has 5 nitrogen and oxygen atoms in total. The minimum Gasteiger partial charge on any atom is -0.396 e. The SMILES string of the molecule is O=C(c1ccc2cc[nH]c2c1)N1C[C@@H](CN2CCCCC2)[C@@H](CO)C1. The smallest absolute Gasteiger partial charge is 0.253 e. The summed E-state index contributed by atoms with van der Waals surface area (Å²) in [6, 6.07) is 7.84. The van der Waals surface area contributed by atoms with E-state index in [1.165, 1.54) is 19.3 Å². The maximum atomic E-state index is 12.9. The third kappa shape index (κ3) is 3.44. The Hall–Kier alpha value is -1.85. The van der Waals surface area contributed by atoms with E-state index in [4.69, 9.17) is 0 Å². The largest absolute Gasteiger partial charge is 0.396 e. The van der Waals surface area contributed by atoms with Crippen LogP contribution in [-0.2, 0) is 0 Å². The average molecular weight is 341 g/mol. The summed E-state index contributed by atoms with van der Waals surface area (Å²) in [5.41, 5.74) is 1.72. The Kier molecular flexibility index (Phi) is 4.77. The van der Waals surface area contributed by atoms with Crippen molar-refractivity contribution in [1.29, 1.82) is 0 Å². The number of aliphatic hydroxyl groups is 1. The maximum Gasteiger partial charge on any atom is 0.253 e. The van der Waals surface area contributed by atoms with E-state index in [0.717, 1.165) is 42.6 Å². The molecule has 2 aromatic rings. The molecule has 2 fully saturated rings. The summed E-state index contributed by atoms with van der Waals surface area (Å²) in [6.07, 6.45) is 5.77. The average Bonchev–Trinajstić information content (AvgIpc) is 3.28. The van der Waals surface area contributed by atoms with Gasteiger partial charge < -0.3 is 19.9 Å². The van der Waals surface area contributed by atoms with Gasteiger partial charge in [-0.3, -0.25) is 4.79 Å². The summed E-state index contributed by atoms with van der Waals surface area (Å²) in [6.45, 7) is 4.90. The minimum absolute atomic E-state index is 0.0797. The van der Waals surface area contributed by atoms with Crippen molar-refractivity contribution >= 4 is 16.8 Å². The lowest BCUT2D eigenvalue weighted by molar-refractivity contribution is 0.0778. The number of benzene rings is 1. The number of rotatable bonds is 4. The number of piperidine rings is 1. The van der Waals surface area contributed by atoms with Crippen molar-refractivity contribution in [2.45, 2.75) is 19.3 Å². The molecular weight excluding hydrogens is 314 g/mol. The van der Waals surface area contributed by atoms with Crippen LogP contribution in [0.25, 0.3) is 10.9 Å². The van der Waals surface area contributed by atoms with E-state index in [9.17, 15) is 9.90 Å². The normalized spacial score (nSPS) is 24.9. The topological polar surface area (TPSA) is 59.6 Å². The molecule has 25 heavy (non-hydrogen) atoms. The summed E-state index contributed by atoms with van der Waals surface area (Å²) in [7, 11) is 0. The molecule has 1 aromatic carbocycles. The van der Waals surface area contributed by atoms with Crippen LogP contribution in [-0.4, -0.2) is 65.1 Å². The predicted molar refractivity (Wildman–Crippen MR) is 98.6 cm³/mol. The van der Waals surface area contributed by atoms with Crippen LogP contribution in [0.15, 0.2) is 30.5 Å². The number of carbonyl (C=O) groups excluding carboxylic acids is 1. The van der Waals surface area contributed by atoms with Crippen LogP contribution >= 0.6 is 0 Å². The van der Waals surface area contributed by atoms with Gasteiger partial charge in [0.25, 0.3) is 5.91 Å². The first kappa shape index (κ1) is 16.6. The molecule has 134 valence electrons. The van der Waals surface area contributed by atoms with Gasteiger partial charge in [0.05, 0.1) is 0 Å². The molecule has 0 bridgehead atoms. The molecule has 0 saturated carbocycles. The zero-order valence-corrected chi connectivity index (χ0v) is 14.7. The molecule has 2 aliphatic rings. The lowest BCUT2D eigenvalue weighted by atomic mass is 9.95. The molecule has 1 amide bonds. The summed E-state index contributed by atoms with van der Waals surface area (Å²) in [5, 5.41) is 10.9. The molecule has 0 unspecified atom stereocenters. The summed E-state index contributed by atoms with van der Waals surface area (Å²) in [5.74, 6) is 0.650. The van der Waals surface area contributed by atoms with Gasteiger partial charge in [0, 0.05) is 49.4 Å². The van der Waals surface area contributed by atoms with Crippen molar-refractivity contribution in [3.8, 4) is 0 Å². The Bertz CT molecular complexity index is 735. The molecule has 1 aromatic heterocycles. The molecule has 0 aliphatic carbocycles. The van der Waals surface area contributed by atoms with E-state index in [1.54, 1.807) is 0 Å². The number of aromatic amines is 1.